The molecular weight excluding hydrogens is 730 g/mol. The molecule has 55 heavy (non-hydrogen) atoms. The molecule has 302 valence electrons. The maximum Gasteiger partial charge on any atom is 0.408 e. The third-order valence-electron chi connectivity index (χ3n) is 10.0. The number of alkyl halides is 6. The Labute approximate surface area is 317 Å². The van der Waals surface area contributed by atoms with Crippen molar-refractivity contribution in [2.24, 2.45) is 11.8 Å². The van der Waals surface area contributed by atoms with Gasteiger partial charge in [-0.15, -0.1) is 0 Å². The van der Waals surface area contributed by atoms with Crippen molar-refractivity contribution in [3.05, 3.63) is 83.9 Å². The number of phenols is 1. The van der Waals surface area contributed by atoms with E-state index in [0.717, 1.165) is 10.8 Å². The number of nitrogens with zero attached hydrogens (tertiary/aromatic N) is 2. The fourth-order valence-electron chi connectivity index (χ4n) is 7.29. The summed E-state index contributed by atoms with van der Waals surface area (Å²) in [7, 11) is 4.14. The maximum absolute atomic E-state index is 13.9. The van der Waals surface area contributed by atoms with Crippen molar-refractivity contribution < 1.29 is 55.2 Å². The van der Waals surface area contributed by atoms with Crippen molar-refractivity contribution in [2.75, 3.05) is 47.5 Å². The zero-order valence-corrected chi connectivity index (χ0v) is 29.5. The molecule has 1 N–H and O–H groups in total. The largest absolute Gasteiger partial charge is 0.508 e. The van der Waals surface area contributed by atoms with Crippen LogP contribution in [0.3, 0.4) is 0 Å². The van der Waals surface area contributed by atoms with Crippen molar-refractivity contribution in [2.45, 2.75) is 65.0 Å². The van der Waals surface area contributed by atoms with Crippen LogP contribution < -0.4 is 4.74 Å². The van der Waals surface area contributed by atoms with Crippen LogP contribution in [0.5, 0.6) is 11.5 Å². The molecule has 0 saturated carbocycles. The highest BCUT2D eigenvalue weighted by atomic mass is 19.4. The van der Waals surface area contributed by atoms with E-state index < -0.39 is 24.4 Å². The van der Waals surface area contributed by atoms with Crippen LogP contribution in [0.15, 0.2) is 72.8 Å². The van der Waals surface area contributed by atoms with E-state index in [2.05, 4.69) is 0 Å². The molecule has 0 amide bonds. The number of methoxy groups -OCH3 is 3. The lowest BCUT2D eigenvalue weighted by atomic mass is 9.93. The first-order valence-electron chi connectivity index (χ1n) is 17.2. The summed E-state index contributed by atoms with van der Waals surface area (Å²) in [5, 5.41) is 12.4. The van der Waals surface area contributed by atoms with Gasteiger partial charge in [0.05, 0.1) is 33.2 Å². The average molecular weight is 781 g/mol. The molecule has 0 aromatic heterocycles. The van der Waals surface area contributed by atoms with Crippen LogP contribution in [0, 0.1) is 11.8 Å². The summed E-state index contributed by atoms with van der Waals surface area (Å²) in [5.74, 6) is -0.652. The number of carbonyl (C=O) groups is 2. The minimum absolute atomic E-state index is 0. The van der Waals surface area contributed by atoms with Gasteiger partial charge in [0.25, 0.3) is 0 Å². The van der Waals surface area contributed by atoms with E-state index in [1.807, 2.05) is 0 Å². The lowest BCUT2D eigenvalue weighted by Crippen LogP contribution is -2.44. The highest BCUT2D eigenvalue weighted by Crippen LogP contribution is 2.42. The molecule has 2 saturated heterocycles. The van der Waals surface area contributed by atoms with Gasteiger partial charge >= 0.3 is 24.3 Å². The predicted octanol–water partition coefficient (Wildman–Crippen LogP) is 9.64. The number of hydrogen-bond acceptors (Lipinski definition) is 8. The Kier molecular flexibility index (Phi) is 15.4. The van der Waals surface area contributed by atoms with Gasteiger partial charge in [0.2, 0.25) is 0 Å². The number of carbonyl (C=O) groups excluding carboxylic acids is 2. The minimum Gasteiger partial charge on any atom is -0.508 e. The Morgan fingerprint density at radius 1 is 0.600 bits per heavy atom. The summed E-state index contributed by atoms with van der Waals surface area (Å²) < 4.78 is 97.6. The molecule has 8 nitrogen and oxygen atoms in total. The summed E-state index contributed by atoms with van der Waals surface area (Å²) >= 11 is 0. The molecule has 2 atom stereocenters. The van der Waals surface area contributed by atoms with Gasteiger partial charge in [0, 0.05) is 0 Å². The monoisotopic (exact) mass is 780 g/mol. The van der Waals surface area contributed by atoms with E-state index in [4.69, 9.17) is 14.2 Å². The molecule has 6 rings (SSSR count). The first-order valence-corrected chi connectivity index (χ1v) is 17.2. The predicted molar refractivity (Wildman–Crippen MR) is 200 cm³/mol. The molecule has 0 radical (unpaired) electrons. The summed E-state index contributed by atoms with van der Waals surface area (Å²) in [4.78, 5) is 26.0. The van der Waals surface area contributed by atoms with E-state index in [1.165, 1.54) is 54.4 Å². The van der Waals surface area contributed by atoms with Gasteiger partial charge in [-0.2, -0.15) is 26.3 Å². The van der Waals surface area contributed by atoms with Gasteiger partial charge in [0.15, 0.2) is 0 Å². The number of benzene rings is 4. The van der Waals surface area contributed by atoms with Crippen molar-refractivity contribution in [3.63, 3.8) is 0 Å². The normalized spacial score (nSPS) is 17.2. The molecule has 4 aromatic rings. The molecule has 2 fully saturated rings. The van der Waals surface area contributed by atoms with E-state index in [-0.39, 0.29) is 81.7 Å². The maximum atomic E-state index is 13.9. The lowest BCUT2D eigenvalue weighted by molar-refractivity contribution is -0.191. The third kappa shape index (κ3) is 10.8. The van der Waals surface area contributed by atoms with Crippen LogP contribution in [-0.2, 0) is 19.1 Å². The summed E-state index contributed by atoms with van der Waals surface area (Å²) in [6, 6.07) is 15.8. The Hall–Kier alpha value is -4.56. The SMILES string of the molecule is C.C.COC(=O)C1CCN(C(c2ccc3cc(O)ccc3c2)C(F)(F)F)CC1.COC(=O)C1CCN(C(c2ccc3cc(OC)ccc3c2)C(F)(F)F)CC1. The Bertz CT molecular complexity index is 1890. The molecule has 0 spiro atoms. The lowest BCUT2D eigenvalue weighted by Gasteiger charge is -2.37. The van der Waals surface area contributed by atoms with Crippen LogP contribution in [0.1, 0.15) is 63.7 Å². The Balaban J connectivity index is 0.000000285. The molecule has 2 aliphatic heterocycles. The van der Waals surface area contributed by atoms with Crippen molar-refractivity contribution in [3.8, 4) is 11.5 Å². The van der Waals surface area contributed by atoms with Gasteiger partial charge in [-0.1, -0.05) is 51.3 Å². The number of fused-ring (bicyclic) bond motifs is 2. The van der Waals surface area contributed by atoms with Gasteiger partial charge in [-0.05, 0) is 121 Å². The van der Waals surface area contributed by atoms with Gasteiger partial charge in [-0.3, -0.25) is 19.4 Å². The number of phenolic OH excluding ortho intramolecular Hbond substituents is 1. The van der Waals surface area contributed by atoms with Crippen LogP contribution in [-0.4, -0.2) is 86.7 Å². The molecule has 4 aromatic carbocycles. The molecule has 0 bridgehead atoms. The fraction of sp³-hybridized carbons (Fsp3) is 0.463. The molecule has 0 aliphatic carbocycles. The minimum atomic E-state index is -4.43. The number of halogens is 6. The van der Waals surface area contributed by atoms with E-state index >= 15 is 0 Å². The number of piperidine rings is 2. The van der Waals surface area contributed by atoms with E-state index in [0.29, 0.717) is 42.2 Å². The van der Waals surface area contributed by atoms with Crippen LogP contribution >= 0.6 is 0 Å². The van der Waals surface area contributed by atoms with Gasteiger partial charge in [0.1, 0.15) is 23.6 Å². The molecule has 2 aliphatic rings. The van der Waals surface area contributed by atoms with Crippen LogP contribution in [0.2, 0.25) is 0 Å². The highest BCUT2D eigenvalue weighted by Gasteiger charge is 2.47. The second-order valence-electron chi connectivity index (χ2n) is 13.3. The second-order valence-corrected chi connectivity index (χ2v) is 13.3. The highest BCUT2D eigenvalue weighted by molar-refractivity contribution is 5.85. The van der Waals surface area contributed by atoms with Crippen molar-refractivity contribution in [1.29, 1.82) is 0 Å². The Morgan fingerprint density at radius 3 is 1.35 bits per heavy atom. The standard InChI is InChI=1S/C20H22F3NO3.C19H20F3NO3.2CH4/c1-26-17-6-5-14-11-16(4-3-15(14)12-17)18(20(21,22)23)24-9-7-13(8-10-24)19(25)27-2;1-26-18(25)12-6-8-23(9-7-12)17(19(20,21)22)15-3-2-14-11-16(24)5-4-13(14)10-15;;/h3-6,11-13,18H,7-10H2,1-2H3;2-5,10-12,17,24H,6-9H2,1H3;2*1H4. The molecule has 14 heteroatoms. The van der Waals surface area contributed by atoms with Gasteiger partial charge in [-0.25, -0.2) is 0 Å². The molecule has 2 heterocycles. The summed E-state index contributed by atoms with van der Waals surface area (Å²) in [6.45, 7) is 0.754. The number of esters is 2. The van der Waals surface area contributed by atoms with Crippen LogP contribution in [0.25, 0.3) is 21.5 Å². The smallest absolute Gasteiger partial charge is 0.408 e. The van der Waals surface area contributed by atoms with Crippen molar-refractivity contribution >= 4 is 33.5 Å². The average Bonchev–Trinajstić information content (AvgIpc) is 3.14. The number of aromatic hydroxyl groups is 1. The van der Waals surface area contributed by atoms with E-state index in [1.54, 1.807) is 49.6 Å². The number of rotatable bonds is 7. The van der Waals surface area contributed by atoms with Crippen molar-refractivity contribution in [1.82, 2.24) is 9.80 Å². The zero-order chi connectivity index (χ0) is 38.5. The van der Waals surface area contributed by atoms with Gasteiger partial charge < -0.3 is 19.3 Å². The quantitative estimate of drug-likeness (QED) is 0.147. The number of hydrogen-bond donors (Lipinski definition) is 1. The first-order chi connectivity index (χ1) is 25.1. The molecule has 2 unspecified atom stereocenters. The number of likely N-dealkylation sites (tertiary alicyclic amines) is 2. The summed E-state index contributed by atoms with van der Waals surface area (Å²) in [5.41, 5.74) is 0.365. The third-order valence-corrected chi connectivity index (χ3v) is 10.0. The second kappa shape index (κ2) is 18.9. The first kappa shape index (κ1) is 44.8. The Morgan fingerprint density at radius 2 is 0.964 bits per heavy atom. The zero-order valence-electron chi connectivity index (χ0n) is 29.5. The topological polar surface area (TPSA) is 88.5 Å². The number of ether oxygens (including phenoxy) is 3. The summed E-state index contributed by atoms with van der Waals surface area (Å²) in [6.07, 6.45) is -7.41. The van der Waals surface area contributed by atoms with E-state index in [9.17, 15) is 41.0 Å². The molecular formula is C41H50F6N2O6. The van der Waals surface area contributed by atoms with Crippen LogP contribution in [0.4, 0.5) is 26.3 Å². The fourth-order valence-corrected chi connectivity index (χ4v) is 7.29.